The maximum atomic E-state index is 13.8. The molecule has 0 saturated carbocycles. The van der Waals surface area contributed by atoms with Gasteiger partial charge in [-0.05, 0) is 12.1 Å². The topological polar surface area (TPSA) is 44.5 Å². The van der Waals surface area contributed by atoms with Crippen molar-refractivity contribution in [2.75, 3.05) is 19.8 Å². The van der Waals surface area contributed by atoms with Crippen LogP contribution < -0.4 is 15.2 Å². The highest BCUT2D eigenvalue weighted by molar-refractivity contribution is 5.57. The average molecular weight is 209 g/mol. The fraction of sp³-hybridized carbons (Fsp3) is 0.273. The highest BCUT2D eigenvalue weighted by atomic mass is 19.1. The fourth-order valence-corrected chi connectivity index (χ4v) is 1.42. The Hall–Kier alpha value is -1.55. The summed E-state index contributed by atoms with van der Waals surface area (Å²) in [5, 5.41) is 0. The molecule has 1 aliphatic rings. The van der Waals surface area contributed by atoms with Gasteiger partial charge >= 0.3 is 0 Å². The van der Waals surface area contributed by atoms with E-state index in [2.05, 4.69) is 0 Å². The largest absolute Gasteiger partial charge is 0.486 e. The van der Waals surface area contributed by atoms with Crippen LogP contribution in [0.25, 0.3) is 6.08 Å². The lowest BCUT2D eigenvalue weighted by Crippen LogP contribution is -2.16. The first kappa shape index (κ1) is 9.98. The van der Waals surface area contributed by atoms with Gasteiger partial charge < -0.3 is 15.2 Å². The van der Waals surface area contributed by atoms with Gasteiger partial charge in [0.05, 0.1) is 0 Å². The van der Waals surface area contributed by atoms with E-state index in [0.717, 1.165) is 0 Å². The van der Waals surface area contributed by atoms with Gasteiger partial charge in [-0.25, -0.2) is 4.39 Å². The van der Waals surface area contributed by atoms with Crippen LogP contribution in [0, 0.1) is 5.82 Å². The van der Waals surface area contributed by atoms with E-state index in [0.29, 0.717) is 31.1 Å². The monoisotopic (exact) mass is 209 g/mol. The minimum absolute atomic E-state index is 0.195. The molecule has 1 aliphatic heterocycles. The number of hydrogen-bond donors (Lipinski definition) is 1. The zero-order valence-corrected chi connectivity index (χ0v) is 8.20. The number of fused-ring (bicyclic) bond motifs is 1. The third kappa shape index (κ3) is 1.94. The lowest BCUT2D eigenvalue weighted by molar-refractivity contribution is 0.164. The highest BCUT2D eigenvalue weighted by Gasteiger charge is 2.18. The summed E-state index contributed by atoms with van der Waals surface area (Å²) in [5.41, 5.74) is 5.76. The Morgan fingerprint density at radius 2 is 2.13 bits per heavy atom. The van der Waals surface area contributed by atoms with Crippen LogP contribution in [0.2, 0.25) is 0 Å². The first-order chi connectivity index (χ1) is 7.33. The number of rotatable bonds is 2. The summed E-state index contributed by atoms with van der Waals surface area (Å²) >= 11 is 0. The smallest absolute Gasteiger partial charge is 0.197 e. The third-order valence-electron chi connectivity index (χ3n) is 2.11. The molecule has 0 bridgehead atoms. The van der Waals surface area contributed by atoms with E-state index in [1.54, 1.807) is 24.3 Å². The van der Waals surface area contributed by atoms with Gasteiger partial charge in [0.1, 0.15) is 13.2 Å². The third-order valence-corrected chi connectivity index (χ3v) is 2.11. The summed E-state index contributed by atoms with van der Waals surface area (Å²) < 4.78 is 24.2. The van der Waals surface area contributed by atoms with Crippen LogP contribution >= 0.6 is 0 Å². The summed E-state index contributed by atoms with van der Waals surface area (Å²) in [6.45, 7) is 1.23. The van der Waals surface area contributed by atoms with E-state index < -0.39 is 5.82 Å². The maximum Gasteiger partial charge on any atom is 0.197 e. The van der Waals surface area contributed by atoms with Crippen LogP contribution in [0.15, 0.2) is 18.2 Å². The summed E-state index contributed by atoms with van der Waals surface area (Å²) in [4.78, 5) is 0. The lowest BCUT2D eigenvalue weighted by atomic mass is 10.1. The van der Waals surface area contributed by atoms with Gasteiger partial charge in [-0.1, -0.05) is 12.2 Å². The van der Waals surface area contributed by atoms with Gasteiger partial charge in [-0.3, -0.25) is 0 Å². The van der Waals surface area contributed by atoms with Crippen molar-refractivity contribution in [3.63, 3.8) is 0 Å². The molecule has 0 amide bonds. The van der Waals surface area contributed by atoms with Gasteiger partial charge in [-0.2, -0.15) is 0 Å². The minimum atomic E-state index is -0.392. The van der Waals surface area contributed by atoms with Crippen molar-refractivity contribution in [1.82, 2.24) is 0 Å². The number of hydrogen-bond acceptors (Lipinski definition) is 3. The molecule has 0 unspecified atom stereocenters. The van der Waals surface area contributed by atoms with Crippen LogP contribution in [-0.4, -0.2) is 19.8 Å². The number of benzene rings is 1. The quantitative estimate of drug-likeness (QED) is 0.804. The molecule has 3 nitrogen and oxygen atoms in total. The van der Waals surface area contributed by atoms with Crippen LogP contribution in [0.4, 0.5) is 4.39 Å². The number of halogens is 1. The van der Waals surface area contributed by atoms with Crippen molar-refractivity contribution in [2.45, 2.75) is 0 Å². The number of ether oxygens (including phenoxy) is 2. The maximum absolute atomic E-state index is 13.8. The van der Waals surface area contributed by atoms with Gasteiger partial charge in [0.2, 0.25) is 0 Å². The molecule has 0 spiro atoms. The van der Waals surface area contributed by atoms with Gasteiger partial charge in [0.15, 0.2) is 17.3 Å². The highest BCUT2D eigenvalue weighted by Crippen LogP contribution is 2.34. The zero-order chi connectivity index (χ0) is 10.7. The van der Waals surface area contributed by atoms with Crippen LogP contribution in [0.3, 0.4) is 0 Å². The molecule has 4 heteroatoms. The Morgan fingerprint density at radius 1 is 1.33 bits per heavy atom. The molecular formula is C11H12FNO2. The van der Waals surface area contributed by atoms with Crippen LogP contribution in [0.5, 0.6) is 11.5 Å². The molecule has 0 fully saturated rings. The SMILES string of the molecule is NC/C=C/c1ccc2c(c1F)OCCO2. The molecule has 0 radical (unpaired) electrons. The Labute approximate surface area is 87.3 Å². The normalized spacial score (nSPS) is 14.5. The Balaban J connectivity index is 2.38. The second kappa shape index (κ2) is 4.31. The summed E-state index contributed by atoms with van der Waals surface area (Å²) in [6, 6.07) is 3.35. The van der Waals surface area contributed by atoms with Crippen molar-refractivity contribution in [3.05, 3.63) is 29.6 Å². The van der Waals surface area contributed by atoms with Crippen molar-refractivity contribution in [1.29, 1.82) is 0 Å². The predicted octanol–water partition coefficient (Wildman–Crippen LogP) is 1.57. The first-order valence-electron chi connectivity index (χ1n) is 4.77. The van der Waals surface area contributed by atoms with Crippen LogP contribution in [-0.2, 0) is 0 Å². The molecular weight excluding hydrogens is 197 g/mol. The second-order valence-electron chi connectivity index (χ2n) is 3.13. The Bertz CT molecular complexity index is 390. The Morgan fingerprint density at radius 3 is 2.93 bits per heavy atom. The molecule has 1 heterocycles. The van der Waals surface area contributed by atoms with E-state index in [9.17, 15) is 4.39 Å². The molecule has 0 atom stereocenters. The minimum Gasteiger partial charge on any atom is -0.486 e. The molecule has 1 aromatic carbocycles. The summed E-state index contributed by atoms with van der Waals surface area (Å²) in [7, 11) is 0. The predicted molar refractivity (Wildman–Crippen MR) is 55.5 cm³/mol. The second-order valence-corrected chi connectivity index (χ2v) is 3.13. The molecule has 1 aromatic rings. The van der Waals surface area contributed by atoms with E-state index in [1.165, 1.54) is 0 Å². The van der Waals surface area contributed by atoms with Crippen LogP contribution in [0.1, 0.15) is 5.56 Å². The van der Waals surface area contributed by atoms with Gasteiger partial charge in [-0.15, -0.1) is 0 Å². The fourth-order valence-electron chi connectivity index (χ4n) is 1.42. The van der Waals surface area contributed by atoms with E-state index in [-0.39, 0.29) is 5.75 Å². The van der Waals surface area contributed by atoms with Crippen molar-refractivity contribution >= 4 is 6.08 Å². The molecule has 80 valence electrons. The standard InChI is InChI=1S/C11H12FNO2/c12-10-8(2-1-5-13)3-4-9-11(10)15-7-6-14-9/h1-4H,5-7,13H2/b2-1+. The molecule has 0 aromatic heterocycles. The molecule has 15 heavy (non-hydrogen) atoms. The van der Waals surface area contributed by atoms with E-state index >= 15 is 0 Å². The molecule has 0 aliphatic carbocycles. The average Bonchev–Trinajstić information content (AvgIpc) is 2.29. The van der Waals surface area contributed by atoms with E-state index in [4.69, 9.17) is 15.2 Å². The molecule has 2 N–H and O–H groups in total. The van der Waals surface area contributed by atoms with Crippen molar-refractivity contribution < 1.29 is 13.9 Å². The summed E-state index contributed by atoms with van der Waals surface area (Å²) in [5.74, 6) is 0.265. The van der Waals surface area contributed by atoms with Gasteiger partial charge in [0.25, 0.3) is 0 Å². The van der Waals surface area contributed by atoms with Gasteiger partial charge in [0, 0.05) is 12.1 Å². The molecule has 2 rings (SSSR count). The Kier molecular flexibility index (Phi) is 2.87. The molecule has 0 saturated heterocycles. The van der Waals surface area contributed by atoms with Crippen molar-refractivity contribution in [3.8, 4) is 11.5 Å². The number of nitrogens with two attached hydrogens (primary N) is 1. The lowest BCUT2D eigenvalue weighted by Gasteiger charge is -2.19. The summed E-state index contributed by atoms with van der Waals surface area (Å²) in [6.07, 6.45) is 3.32. The van der Waals surface area contributed by atoms with Crippen molar-refractivity contribution in [2.24, 2.45) is 5.73 Å². The zero-order valence-electron chi connectivity index (χ0n) is 8.20. The van der Waals surface area contributed by atoms with E-state index in [1.807, 2.05) is 0 Å². The first-order valence-corrected chi connectivity index (χ1v) is 4.77.